The maximum atomic E-state index is 5.08. The fourth-order valence-corrected chi connectivity index (χ4v) is 5.80. The minimum Gasteiger partial charge on any atom is -0.292 e. The first-order chi connectivity index (χ1) is 15.1. The standard InChI is InChI=1S/C27H21N3S/c1-16-13-17(2)25(18(3)14-16)30-23-9-5-4-8-22(23)29-26(30)19-10-11-20-21-7-6-12-28-27(21)31-24(20)15-19/h4-15H,1-3H3. The van der Waals surface area contributed by atoms with Gasteiger partial charge in [0, 0.05) is 27.2 Å². The lowest BCUT2D eigenvalue weighted by Gasteiger charge is -2.16. The van der Waals surface area contributed by atoms with Gasteiger partial charge < -0.3 is 0 Å². The Kier molecular flexibility index (Phi) is 3.99. The second-order valence-corrected chi connectivity index (χ2v) is 9.21. The lowest BCUT2D eigenvalue weighted by atomic mass is 10.0. The average Bonchev–Trinajstić information content (AvgIpc) is 3.31. The molecule has 31 heavy (non-hydrogen) atoms. The van der Waals surface area contributed by atoms with Crippen LogP contribution >= 0.6 is 11.3 Å². The molecule has 0 aliphatic carbocycles. The van der Waals surface area contributed by atoms with Gasteiger partial charge in [-0.2, -0.15) is 0 Å². The number of aromatic nitrogens is 3. The summed E-state index contributed by atoms with van der Waals surface area (Å²) in [6.45, 7) is 6.53. The minimum absolute atomic E-state index is 0.976. The van der Waals surface area contributed by atoms with Gasteiger partial charge >= 0.3 is 0 Å². The number of nitrogens with zero attached hydrogens (tertiary/aromatic N) is 3. The van der Waals surface area contributed by atoms with Gasteiger partial charge in [0.05, 0.1) is 16.7 Å². The SMILES string of the molecule is Cc1cc(C)c(-n2c(-c3ccc4c(c3)sc3ncccc34)nc3ccccc32)c(C)c1. The number of fused-ring (bicyclic) bond motifs is 4. The summed E-state index contributed by atoms with van der Waals surface area (Å²) < 4.78 is 3.56. The molecule has 0 aliphatic rings. The average molecular weight is 420 g/mol. The highest BCUT2D eigenvalue weighted by Crippen LogP contribution is 2.37. The second-order valence-electron chi connectivity index (χ2n) is 8.18. The summed E-state index contributed by atoms with van der Waals surface area (Å²) in [4.78, 5) is 10.7. The topological polar surface area (TPSA) is 30.7 Å². The molecule has 150 valence electrons. The first-order valence-electron chi connectivity index (χ1n) is 10.4. The molecule has 0 spiro atoms. The van der Waals surface area contributed by atoms with Gasteiger partial charge in [-0.25, -0.2) is 9.97 Å². The van der Waals surface area contributed by atoms with Crippen molar-refractivity contribution in [1.29, 1.82) is 0 Å². The van der Waals surface area contributed by atoms with E-state index < -0.39 is 0 Å². The highest BCUT2D eigenvalue weighted by molar-refractivity contribution is 7.25. The summed E-state index contributed by atoms with van der Waals surface area (Å²) in [5.74, 6) is 0.976. The highest BCUT2D eigenvalue weighted by atomic mass is 32.1. The molecule has 3 aromatic heterocycles. The number of rotatable bonds is 2. The number of hydrogen-bond acceptors (Lipinski definition) is 3. The zero-order chi connectivity index (χ0) is 21.1. The Labute approximate surface area is 184 Å². The van der Waals surface area contributed by atoms with Crippen LogP contribution in [0.3, 0.4) is 0 Å². The van der Waals surface area contributed by atoms with E-state index in [9.17, 15) is 0 Å². The minimum atomic E-state index is 0.976. The van der Waals surface area contributed by atoms with Gasteiger partial charge in [-0.05, 0) is 62.2 Å². The Morgan fingerprint density at radius 3 is 2.45 bits per heavy atom. The monoisotopic (exact) mass is 419 g/mol. The van der Waals surface area contributed by atoms with Crippen molar-refractivity contribution in [1.82, 2.24) is 14.5 Å². The Morgan fingerprint density at radius 2 is 1.61 bits per heavy atom. The van der Waals surface area contributed by atoms with Crippen LogP contribution in [0.5, 0.6) is 0 Å². The number of hydrogen-bond donors (Lipinski definition) is 0. The van der Waals surface area contributed by atoms with Crippen LogP contribution < -0.4 is 0 Å². The highest BCUT2D eigenvalue weighted by Gasteiger charge is 2.18. The van der Waals surface area contributed by atoms with Crippen LogP contribution in [0.2, 0.25) is 0 Å². The third-order valence-corrected chi connectivity index (χ3v) is 7.00. The van der Waals surface area contributed by atoms with Gasteiger partial charge in [-0.1, -0.05) is 42.0 Å². The molecule has 3 nitrogen and oxygen atoms in total. The fourth-order valence-electron chi connectivity index (χ4n) is 4.72. The van der Waals surface area contributed by atoms with Gasteiger partial charge in [-0.15, -0.1) is 11.3 Å². The summed E-state index contributed by atoms with van der Waals surface area (Å²) in [6.07, 6.45) is 1.86. The van der Waals surface area contributed by atoms with Crippen LogP contribution in [0.1, 0.15) is 16.7 Å². The Morgan fingerprint density at radius 1 is 0.806 bits per heavy atom. The predicted octanol–water partition coefficient (Wildman–Crippen LogP) is 7.38. The van der Waals surface area contributed by atoms with Crippen LogP contribution in [-0.2, 0) is 0 Å². The largest absolute Gasteiger partial charge is 0.292 e. The molecule has 0 atom stereocenters. The van der Waals surface area contributed by atoms with Crippen molar-refractivity contribution in [3.63, 3.8) is 0 Å². The van der Waals surface area contributed by atoms with Gasteiger partial charge in [0.1, 0.15) is 10.7 Å². The molecule has 3 aromatic carbocycles. The van der Waals surface area contributed by atoms with Gasteiger partial charge in [0.25, 0.3) is 0 Å². The molecule has 0 fully saturated rings. The molecule has 6 aromatic rings. The molecular weight excluding hydrogens is 398 g/mol. The predicted molar refractivity (Wildman–Crippen MR) is 131 cm³/mol. The zero-order valence-electron chi connectivity index (χ0n) is 17.7. The molecule has 0 radical (unpaired) electrons. The van der Waals surface area contributed by atoms with Crippen LogP contribution in [0.15, 0.2) is 72.9 Å². The third kappa shape index (κ3) is 2.79. The molecule has 0 N–H and O–H groups in total. The van der Waals surface area contributed by atoms with Crippen LogP contribution in [-0.4, -0.2) is 14.5 Å². The van der Waals surface area contributed by atoms with E-state index in [1.807, 2.05) is 12.3 Å². The Balaban J connectivity index is 1.67. The first kappa shape index (κ1) is 18.3. The molecule has 0 bridgehead atoms. The number of imidazole rings is 1. The smallest absolute Gasteiger partial charge is 0.145 e. The Bertz CT molecular complexity index is 1600. The van der Waals surface area contributed by atoms with Crippen molar-refractivity contribution in [2.75, 3.05) is 0 Å². The fraction of sp³-hybridized carbons (Fsp3) is 0.111. The van der Waals surface area contributed by atoms with Gasteiger partial charge in [0.2, 0.25) is 0 Å². The second kappa shape index (κ2) is 6.76. The molecular formula is C27H21N3S. The molecule has 4 heteroatoms. The molecule has 6 rings (SSSR count). The molecule has 0 unspecified atom stereocenters. The number of para-hydroxylation sites is 2. The lowest BCUT2D eigenvalue weighted by Crippen LogP contribution is -2.03. The van der Waals surface area contributed by atoms with Crippen molar-refractivity contribution in [3.8, 4) is 17.1 Å². The number of pyridine rings is 1. The number of thiophene rings is 1. The van der Waals surface area contributed by atoms with Crippen LogP contribution in [0.4, 0.5) is 0 Å². The molecule has 3 heterocycles. The van der Waals surface area contributed by atoms with Crippen LogP contribution in [0, 0.1) is 20.8 Å². The number of benzene rings is 3. The summed E-state index contributed by atoms with van der Waals surface area (Å²) in [6, 6.07) is 23.7. The zero-order valence-corrected chi connectivity index (χ0v) is 18.5. The van der Waals surface area contributed by atoms with E-state index >= 15 is 0 Å². The molecule has 0 saturated carbocycles. The first-order valence-corrected chi connectivity index (χ1v) is 11.3. The normalized spacial score (nSPS) is 11.7. The van der Waals surface area contributed by atoms with Gasteiger partial charge in [-0.3, -0.25) is 4.57 Å². The van der Waals surface area contributed by atoms with E-state index in [0.717, 1.165) is 27.3 Å². The summed E-state index contributed by atoms with van der Waals surface area (Å²) in [7, 11) is 0. The summed E-state index contributed by atoms with van der Waals surface area (Å²) in [5, 5.41) is 2.47. The van der Waals surface area contributed by atoms with E-state index in [0.29, 0.717) is 0 Å². The van der Waals surface area contributed by atoms with E-state index in [1.165, 1.54) is 37.9 Å². The quantitative estimate of drug-likeness (QED) is 0.293. The van der Waals surface area contributed by atoms with E-state index in [1.54, 1.807) is 11.3 Å². The molecule has 0 saturated heterocycles. The summed E-state index contributed by atoms with van der Waals surface area (Å²) >= 11 is 1.74. The maximum absolute atomic E-state index is 5.08. The van der Waals surface area contributed by atoms with Crippen molar-refractivity contribution in [2.24, 2.45) is 0 Å². The van der Waals surface area contributed by atoms with Crippen molar-refractivity contribution in [3.05, 3.63) is 89.6 Å². The van der Waals surface area contributed by atoms with E-state index in [-0.39, 0.29) is 0 Å². The molecule has 0 aliphatic heterocycles. The molecule has 0 amide bonds. The number of aryl methyl sites for hydroxylation is 3. The van der Waals surface area contributed by atoms with Crippen molar-refractivity contribution >= 4 is 42.7 Å². The van der Waals surface area contributed by atoms with Crippen molar-refractivity contribution in [2.45, 2.75) is 20.8 Å². The third-order valence-electron chi connectivity index (χ3n) is 5.93. The van der Waals surface area contributed by atoms with Crippen molar-refractivity contribution < 1.29 is 0 Å². The Hall–Kier alpha value is -3.50. The van der Waals surface area contributed by atoms with Gasteiger partial charge in [0.15, 0.2) is 0 Å². The summed E-state index contributed by atoms with van der Waals surface area (Å²) in [5.41, 5.74) is 8.27. The van der Waals surface area contributed by atoms with E-state index in [4.69, 9.17) is 4.98 Å². The lowest BCUT2D eigenvalue weighted by molar-refractivity contribution is 1.06. The van der Waals surface area contributed by atoms with E-state index in [2.05, 4.69) is 91.0 Å². The maximum Gasteiger partial charge on any atom is 0.145 e. The van der Waals surface area contributed by atoms with Crippen LogP contribution in [0.25, 0.3) is 48.4 Å².